The predicted octanol–water partition coefficient (Wildman–Crippen LogP) is 3.60. The Bertz CT molecular complexity index is 1330. The number of halogens is 1. The van der Waals surface area contributed by atoms with Crippen LogP contribution in [-0.2, 0) is 6.42 Å². The molecule has 0 unspecified atom stereocenters. The van der Waals surface area contributed by atoms with Crippen molar-refractivity contribution in [2.45, 2.75) is 13.3 Å². The fraction of sp³-hybridized carbons (Fsp3) is 0.304. The maximum atomic E-state index is 13.4. The van der Waals surface area contributed by atoms with Gasteiger partial charge in [0.15, 0.2) is 10.8 Å². The second-order valence-electron chi connectivity index (χ2n) is 7.80. The fourth-order valence-electron chi connectivity index (χ4n) is 4.05. The molecule has 4 heterocycles. The maximum absolute atomic E-state index is 13.4. The Hall–Kier alpha value is -3.55. The van der Waals surface area contributed by atoms with Crippen LogP contribution in [0, 0.1) is 17.1 Å². The van der Waals surface area contributed by atoms with Crippen molar-refractivity contribution in [2.24, 2.45) is 0 Å². The molecule has 0 spiro atoms. The SMILES string of the molecule is CCc1nc2cnc(N3CCNCC3)cn2c1N(C)c1nc(-c2ccc(F)cc2)c(C#N)s1. The summed E-state index contributed by atoms with van der Waals surface area (Å²) in [6.45, 7) is 5.73. The quantitative estimate of drug-likeness (QED) is 0.485. The molecule has 1 fully saturated rings. The number of benzene rings is 1. The van der Waals surface area contributed by atoms with E-state index in [0.717, 1.165) is 55.6 Å². The van der Waals surface area contributed by atoms with Crippen LogP contribution in [0.15, 0.2) is 36.7 Å². The minimum absolute atomic E-state index is 0.322. The van der Waals surface area contributed by atoms with Crippen molar-refractivity contribution < 1.29 is 4.39 Å². The molecule has 3 aromatic heterocycles. The molecule has 1 saturated heterocycles. The van der Waals surface area contributed by atoms with Gasteiger partial charge in [0, 0.05) is 38.8 Å². The number of aryl methyl sites for hydroxylation is 1. The van der Waals surface area contributed by atoms with E-state index in [4.69, 9.17) is 9.97 Å². The summed E-state index contributed by atoms with van der Waals surface area (Å²) in [5.74, 6) is 1.48. The van der Waals surface area contributed by atoms with Crippen molar-refractivity contribution in [3.8, 4) is 17.3 Å². The van der Waals surface area contributed by atoms with Crippen LogP contribution in [0.4, 0.5) is 21.2 Å². The minimum Gasteiger partial charge on any atom is -0.353 e. The number of piperazine rings is 1. The second kappa shape index (κ2) is 8.77. The van der Waals surface area contributed by atoms with Crippen LogP contribution in [0.3, 0.4) is 0 Å². The van der Waals surface area contributed by atoms with E-state index in [1.807, 2.05) is 22.5 Å². The first-order valence-electron chi connectivity index (χ1n) is 10.8. The molecular formula is C23H23FN8S. The van der Waals surface area contributed by atoms with E-state index in [1.165, 1.54) is 23.5 Å². The summed E-state index contributed by atoms with van der Waals surface area (Å²) in [5, 5.41) is 13.7. The maximum Gasteiger partial charge on any atom is 0.192 e. The van der Waals surface area contributed by atoms with Gasteiger partial charge in [-0.25, -0.2) is 19.3 Å². The molecular weight excluding hydrogens is 439 g/mol. The van der Waals surface area contributed by atoms with Gasteiger partial charge in [-0.15, -0.1) is 0 Å². The van der Waals surface area contributed by atoms with Gasteiger partial charge in [0.25, 0.3) is 0 Å². The molecule has 0 bridgehead atoms. The van der Waals surface area contributed by atoms with E-state index >= 15 is 0 Å². The average Bonchev–Trinajstić information content (AvgIpc) is 3.46. The molecule has 1 aliphatic rings. The van der Waals surface area contributed by atoms with Crippen LogP contribution in [0.1, 0.15) is 17.5 Å². The number of fused-ring (bicyclic) bond motifs is 1. The van der Waals surface area contributed by atoms with Crippen LogP contribution < -0.4 is 15.1 Å². The molecule has 0 amide bonds. The summed E-state index contributed by atoms with van der Waals surface area (Å²) in [5.41, 5.74) is 2.96. The highest BCUT2D eigenvalue weighted by atomic mass is 32.1. The lowest BCUT2D eigenvalue weighted by atomic mass is 10.1. The van der Waals surface area contributed by atoms with Crippen LogP contribution in [0.25, 0.3) is 16.9 Å². The lowest BCUT2D eigenvalue weighted by Crippen LogP contribution is -2.44. The molecule has 0 aliphatic carbocycles. The first-order valence-corrected chi connectivity index (χ1v) is 11.6. The van der Waals surface area contributed by atoms with Gasteiger partial charge in [-0.1, -0.05) is 18.3 Å². The van der Waals surface area contributed by atoms with E-state index in [9.17, 15) is 9.65 Å². The van der Waals surface area contributed by atoms with Gasteiger partial charge >= 0.3 is 0 Å². The Kier molecular flexibility index (Phi) is 5.66. The minimum atomic E-state index is -0.322. The second-order valence-corrected chi connectivity index (χ2v) is 8.78. The molecule has 8 nitrogen and oxygen atoms in total. The summed E-state index contributed by atoms with van der Waals surface area (Å²) < 4.78 is 15.4. The van der Waals surface area contributed by atoms with Gasteiger partial charge < -0.3 is 15.1 Å². The zero-order valence-electron chi connectivity index (χ0n) is 18.4. The summed E-state index contributed by atoms with van der Waals surface area (Å²) in [7, 11) is 1.93. The van der Waals surface area contributed by atoms with E-state index < -0.39 is 0 Å². The fourth-order valence-corrected chi connectivity index (χ4v) is 4.90. The monoisotopic (exact) mass is 462 g/mol. The Balaban J connectivity index is 1.58. The number of aromatic nitrogens is 4. The molecule has 0 saturated carbocycles. The number of hydrogen-bond acceptors (Lipinski definition) is 8. The van der Waals surface area contributed by atoms with Gasteiger partial charge in [-0.2, -0.15) is 5.26 Å². The molecule has 10 heteroatoms. The number of nitrogens with one attached hydrogen (secondary N) is 1. The van der Waals surface area contributed by atoms with Crippen LogP contribution >= 0.6 is 11.3 Å². The molecule has 1 aromatic carbocycles. The first-order chi connectivity index (χ1) is 16.1. The van der Waals surface area contributed by atoms with Gasteiger partial charge in [0.1, 0.15) is 34.1 Å². The molecule has 0 radical (unpaired) electrons. The normalized spacial score (nSPS) is 13.9. The van der Waals surface area contributed by atoms with E-state index in [-0.39, 0.29) is 5.82 Å². The van der Waals surface area contributed by atoms with E-state index in [1.54, 1.807) is 18.3 Å². The topological polar surface area (TPSA) is 85.4 Å². The summed E-state index contributed by atoms with van der Waals surface area (Å²) in [4.78, 5) is 18.9. The lowest BCUT2D eigenvalue weighted by molar-refractivity contribution is 0.584. The zero-order valence-corrected chi connectivity index (χ0v) is 19.2. The number of anilines is 3. The predicted molar refractivity (Wildman–Crippen MR) is 128 cm³/mol. The summed E-state index contributed by atoms with van der Waals surface area (Å²) in [6.07, 6.45) is 4.57. The standard InChI is InChI=1S/C23H23FN8S/c1-3-17-22(32-14-20(27-13-19(32)28-17)31-10-8-26-9-11-31)30(2)23-29-21(18(12-25)33-23)15-4-6-16(24)7-5-15/h4-7,13-14,26H,3,8-11H2,1-2H3. The molecule has 1 N–H and O–H groups in total. The van der Waals surface area contributed by atoms with Crippen LogP contribution in [-0.4, -0.2) is 52.6 Å². The zero-order chi connectivity index (χ0) is 22.9. The highest BCUT2D eigenvalue weighted by molar-refractivity contribution is 7.16. The third-order valence-corrected chi connectivity index (χ3v) is 6.79. The largest absolute Gasteiger partial charge is 0.353 e. The van der Waals surface area contributed by atoms with Crippen LogP contribution in [0.2, 0.25) is 0 Å². The van der Waals surface area contributed by atoms with Crippen molar-refractivity contribution >= 4 is 33.8 Å². The Morgan fingerprint density at radius 1 is 1.21 bits per heavy atom. The lowest BCUT2D eigenvalue weighted by Gasteiger charge is -2.28. The smallest absolute Gasteiger partial charge is 0.192 e. The molecule has 0 atom stereocenters. The van der Waals surface area contributed by atoms with Gasteiger partial charge in [-0.05, 0) is 30.7 Å². The highest BCUT2D eigenvalue weighted by Crippen LogP contribution is 2.37. The number of imidazole rings is 1. The molecule has 1 aliphatic heterocycles. The number of rotatable bonds is 5. The van der Waals surface area contributed by atoms with Gasteiger partial charge in [0.2, 0.25) is 0 Å². The Morgan fingerprint density at radius 3 is 2.67 bits per heavy atom. The molecule has 33 heavy (non-hydrogen) atoms. The van der Waals surface area contributed by atoms with Crippen molar-refractivity contribution in [3.05, 3.63) is 53.0 Å². The number of hydrogen-bond donors (Lipinski definition) is 1. The van der Waals surface area contributed by atoms with Crippen molar-refractivity contribution in [3.63, 3.8) is 0 Å². The summed E-state index contributed by atoms with van der Waals surface area (Å²) in [6, 6.07) is 8.28. The first kappa shape index (κ1) is 21.3. The van der Waals surface area contributed by atoms with Gasteiger partial charge in [0.05, 0.1) is 18.1 Å². The molecule has 5 rings (SSSR count). The third kappa shape index (κ3) is 3.90. The van der Waals surface area contributed by atoms with Crippen molar-refractivity contribution in [1.82, 2.24) is 24.7 Å². The van der Waals surface area contributed by atoms with Crippen molar-refractivity contribution in [1.29, 1.82) is 5.26 Å². The van der Waals surface area contributed by atoms with E-state index in [0.29, 0.717) is 21.3 Å². The Labute approximate surface area is 195 Å². The summed E-state index contributed by atoms with van der Waals surface area (Å²) >= 11 is 1.31. The third-order valence-electron chi connectivity index (χ3n) is 5.76. The average molecular weight is 463 g/mol. The number of nitrogens with zero attached hydrogens (tertiary/aromatic N) is 7. The van der Waals surface area contributed by atoms with Crippen molar-refractivity contribution in [2.75, 3.05) is 43.0 Å². The number of thiazole rings is 1. The van der Waals surface area contributed by atoms with E-state index in [2.05, 4.69) is 28.2 Å². The van der Waals surface area contributed by atoms with Gasteiger partial charge in [-0.3, -0.25) is 4.40 Å². The number of nitriles is 1. The molecule has 168 valence electrons. The van der Waals surface area contributed by atoms with Crippen LogP contribution in [0.5, 0.6) is 0 Å². The molecule has 4 aromatic rings. The Morgan fingerprint density at radius 2 is 1.97 bits per heavy atom. The highest BCUT2D eigenvalue weighted by Gasteiger charge is 2.23.